The summed E-state index contributed by atoms with van der Waals surface area (Å²) in [5.41, 5.74) is 0.754. The number of rotatable bonds is 6. The van der Waals surface area contributed by atoms with Gasteiger partial charge in [-0.05, 0) is 38.1 Å². The van der Waals surface area contributed by atoms with Gasteiger partial charge in [0.25, 0.3) is 0 Å². The number of carbonyl (C=O) groups is 1. The van der Waals surface area contributed by atoms with Gasteiger partial charge in [0, 0.05) is 13.1 Å². The predicted octanol–water partition coefficient (Wildman–Crippen LogP) is 1.71. The third-order valence-corrected chi connectivity index (χ3v) is 3.42. The summed E-state index contributed by atoms with van der Waals surface area (Å²) in [7, 11) is 0. The minimum Gasteiger partial charge on any atom is -0.491 e. The van der Waals surface area contributed by atoms with E-state index in [0.29, 0.717) is 13.2 Å². The van der Waals surface area contributed by atoms with Crippen molar-refractivity contribution in [1.82, 2.24) is 10.2 Å². The molecule has 0 spiro atoms. The number of benzene rings is 1. The first kappa shape index (κ1) is 15.8. The van der Waals surface area contributed by atoms with Crippen LogP contribution in [0, 0.1) is 0 Å². The molecule has 0 aromatic heterocycles. The van der Waals surface area contributed by atoms with Crippen molar-refractivity contribution >= 4 is 11.6 Å². The molecule has 0 aliphatic carbocycles. The number of nitrogens with zero attached hydrogens (tertiary/aromatic N) is 1. The largest absolute Gasteiger partial charge is 0.491 e. The fourth-order valence-corrected chi connectivity index (χ4v) is 2.36. The minimum atomic E-state index is 0.0180. The van der Waals surface area contributed by atoms with Crippen LogP contribution < -0.4 is 15.4 Å². The van der Waals surface area contributed by atoms with Crippen molar-refractivity contribution in [3.63, 3.8) is 0 Å². The van der Waals surface area contributed by atoms with Gasteiger partial charge in [0.15, 0.2) is 0 Å². The number of hydrogen-bond donors (Lipinski definition) is 2. The molecule has 0 radical (unpaired) electrons. The Morgan fingerprint density at radius 3 is 3.05 bits per heavy atom. The maximum Gasteiger partial charge on any atom is 0.238 e. The number of anilines is 1. The molecule has 0 unspecified atom stereocenters. The Kier molecular flexibility index (Phi) is 6.50. The number of amides is 1. The predicted molar refractivity (Wildman–Crippen MR) is 84.8 cm³/mol. The Morgan fingerprint density at radius 2 is 2.19 bits per heavy atom. The fourth-order valence-electron chi connectivity index (χ4n) is 2.36. The molecule has 2 N–H and O–H groups in total. The molecule has 0 atom stereocenters. The maximum atomic E-state index is 12.2. The molecule has 1 aliphatic heterocycles. The summed E-state index contributed by atoms with van der Waals surface area (Å²) in [4.78, 5) is 14.4. The zero-order valence-corrected chi connectivity index (χ0v) is 12.7. The van der Waals surface area contributed by atoms with Crippen molar-refractivity contribution in [1.29, 1.82) is 0 Å². The Balaban J connectivity index is 1.89. The zero-order valence-electron chi connectivity index (χ0n) is 12.7. The lowest BCUT2D eigenvalue weighted by Gasteiger charge is -2.19. The summed E-state index contributed by atoms with van der Waals surface area (Å²) in [6, 6.07) is 7.60. The van der Waals surface area contributed by atoms with E-state index in [1.807, 2.05) is 24.3 Å². The van der Waals surface area contributed by atoms with Gasteiger partial charge in [-0.25, -0.2) is 0 Å². The van der Waals surface area contributed by atoms with E-state index in [0.717, 1.165) is 50.5 Å². The molecule has 21 heavy (non-hydrogen) atoms. The van der Waals surface area contributed by atoms with Crippen LogP contribution in [-0.2, 0) is 4.79 Å². The van der Waals surface area contributed by atoms with Crippen LogP contribution in [-0.4, -0.2) is 50.1 Å². The third-order valence-electron chi connectivity index (χ3n) is 3.42. The lowest BCUT2D eigenvalue weighted by molar-refractivity contribution is -0.117. The van der Waals surface area contributed by atoms with Crippen molar-refractivity contribution in [3.8, 4) is 5.75 Å². The van der Waals surface area contributed by atoms with Crippen molar-refractivity contribution < 1.29 is 9.53 Å². The quantitative estimate of drug-likeness (QED) is 0.838. The highest BCUT2D eigenvalue weighted by atomic mass is 16.5. The number of nitrogens with one attached hydrogen (secondary N) is 2. The van der Waals surface area contributed by atoms with Gasteiger partial charge in [-0.1, -0.05) is 19.1 Å². The first-order valence-electron chi connectivity index (χ1n) is 7.74. The first-order valence-corrected chi connectivity index (χ1v) is 7.74. The molecule has 1 aliphatic rings. The molecule has 116 valence electrons. The zero-order chi connectivity index (χ0) is 14.9. The highest BCUT2D eigenvalue weighted by Gasteiger charge is 2.14. The van der Waals surface area contributed by atoms with Gasteiger partial charge in [0.2, 0.25) is 5.91 Å². The molecule has 0 saturated carbocycles. The average molecular weight is 291 g/mol. The molecule has 1 saturated heterocycles. The summed E-state index contributed by atoms with van der Waals surface area (Å²) >= 11 is 0. The molecule has 5 nitrogen and oxygen atoms in total. The van der Waals surface area contributed by atoms with Gasteiger partial charge < -0.3 is 15.4 Å². The Labute approximate surface area is 126 Å². The van der Waals surface area contributed by atoms with Crippen molar-refractivity contribution in [2.75, 3.05) is 44.6 Å². The van der Waals surface area contributed by atoms with Gasteiger partial charge in [-0.15, -0.1) is 0 Å². The summed E-state index contributed by atoms with van der Waals surface area (Å²) in [6.07, 6.45) is 2.03. The van der Waals surface area contributed by atoms with Crippen LogP contribution >= 0.6 is 0 Å². The molecule has 2 rings (SSSR count). The number of ether oxygens (including phenoxy) is 1. The van der Waals surface area contributed by atoms with E-state index < -0.39 is 0 Å². The van der Waals surface area contributed by atoms with Gasteiger partial charge in [0.1, 0.15) is 5.75 Å². The second-order valence-electron chi connectivity index (χ2n) is 5.27. The smallest absolute Gasteiger partial charge is 0.238 e. The molecular formula is C16H25N3O2. The standard InChI is InChI=1S/C16H25N3O2/c1-2-12-21-15-7-4-3-6-14(15)18-16(20)13-19-10-5-8-17-9-11-19/h3-4,6-7,17H,2,5,8-13H2,1H3,(H,18,20). The van der Waals surface area contributed by atoms with Crippen LogP contribution in [0.2, 0.25) is 0 Å². The average Bonchev–Trinajstić information content (AvgIpc) is 2.75. The minimum absolute atomic E-state index is 0.0180. The van der Waals surface area contributed by atoms with Crippen LogP contribution in [0.3, 0.4) is 0 Å². The maximum absolute atomic E-state index is 12.2. The van der Waals surface area contributed by atoms with Crippen LogP contribution in [0.4, 0.5) is 5.69 Å². The highest BCUT2D eigenvalue weighted by Crippen LogP contribution is 2.23. The topological polar surface area (TPSA) is 53.6 Å². The molecule has 1 fully saturated rings. The first-order chi connectivity index (χ1) is 10.3. The lowest BCUT2D eigenvalue weighted by Crippen LogP contribution is -2.35. The summed E-state index contributed by atoms with van der Waals surface area (Å²) in [6.45, 7) is 7.02. The highest BCUT2D eigenvalue weighted by molar-refractivity contribution is 5.93. The Morgan fingerprint density at radius 1 is 1.33 bits per heavy atom. The Hall–Kier alpha value is -1.59. The number of para-hydroxylation sites is 2. The van der Waals surface area contributed by atoms with Crippen LogP contribution in [0.15, 0.2) is 24.3 Å². The second-order valence-corrected chi connectivity index (χ2v) is 5.27. The molecule has 5 heteroatoms. The molecule has 0 bridgehead atoms. The van der Waals surface area contributed by atoms with E-state index in [4.69, 9.17) is 4.74 Å². The lowest BCUT2D eigenvalue weighted by atomic mass is 10.3. The van der Waals surface area contributed by atoms with Crippen LogP contribution in [0.25, 0.3) is 0 Å². The summed E-state index contributed by atoms with van der Waals surface area (Å²) in [5, 5.41) is 6.30. The normalized spacial score (nSPS) is 16.2. The van der Waals surface area contributed by atoms with E-state index in [1.54, 1.807) is 0 Å². The third kappa shape index (κ3) is 5.36. The molecule has 1 heterocycles. The number of carbonyl (C=O) groups excluding carboxylic acids is 1. The van der Waals surface area contributed by atoms with Gasteiger partial charge in [0.05, 0.1) is 18.8 Å². The van der Waals surface area contributed by atoms with Crippen LogP contribution in [0.1, 0.15) is 19.8 Å². The molecule has 1 aromatic carbocycles. The summed E-state index contributed by atoms with van der Waals surface area (Å²) < 4.78 is 5.66. The summed E-state index contributed by atoms with van der Waals surface area (Å²) in [5.74, 6) is 0.759. The number of hydrogen-bond acceptors (Lipinski definition) is 4. The van der Waals surface area contributed by atoms with Gasteiger partial charge in [-0.3, -0.25) is 9.69 Å². The van der Waals surface area contributed by atoms with Crippen molar-refractivity contribution in [3.05, 3.63) is 24.3 Å². The fraction of sp³-hybridized carbons (Fsp3) is 0.562. The van der Waals surface area contributed by atoms with Gasteiger partial charge in [-0.2, -0.15) is 0 Å². The van der Waals surface area contributed by atoms with E-state index >= 15 is 0 Å². The van der Waals surface area contributed by atoms with Gasteiger partial charge >= 0.3 is 0 Å². The van der Waals surface area contributed by atoms with E-state index in [1.165, 1.54) is 0 Å². The SMILES string of the molecule is CCCOc1ccccc1NC(=O)CN1CCCNCC1. The van der Waals surface area contributed by atoms with E-state index in [2.05, 4.69) is 22.5 Å². The second kappa shape index (κ2) is 8.64. The van der Waals surface area contributed by atoms with Crippen molar-refractivity contribution in [2.24, 2.45) is 0 Å². The molecular weight excluding hydrogens is 266 g/mol. The van der Waals surface area contributed by atoms with Crippen LogP contribution in [0.5, 0.6) is 5.75 Å². The molecule has 1 amide bonds. The molecule has 1 aromatic rings. The monoisotopic (exact) mass is 291 g/mol. The van der Waals surface area contributed by atoms with E-state index in [-0.39, 0.29) is 5.91 Å². The van der Waals surface area contributed by atoms with Crippen molar-refractivity contribution in [2.45, 2.75) is 19.8 Å². The van der Waals surface area contributed by atoms with E-state index in [9.17, 15) is 4.79 Å². The Bertz CT molecular complexity index is 443.